The summed E-state index contributed by atoms with van der Waals surface area (Å²) in [6.45, 7) is 6.18. The van der Waals surface area contributed by atoms with Crippen molar-refractivity contribution in [3.05, 3.63) is 71.8 Å². The van der Waals surface area contributed by atoms with Crippen molar-refractivity contribution in [1.82, 2.24) is 0 Å². The van der Waals surface area contributed by atoms with Gasteiger partial charge in [0.25, 0.3) is 0 Å². The standard InChI is InChI=1S/C41H56O14/c1-39-17-31-41(3,55-30(39)15-26(49-20-23-12-8-5-9-13-23)29(53-39)21-48-19-22-10-6-4-7-11-22)37(47)38-40(2,54-31)16-25(44)35(52-38)34-24(43)14-27-36(51-34)33(46)32(45)28(18-42)50-27/h4-13,24-38,42-47H,14-21H2,1-3H3. The summed E-state index contributed by atoms with van der Waals surface area (Å²) in [5, 5.41) is 66.0. The molecule has 6 aliphatic heterocycles. The summed E-state index contributed by atoms with van der Waals surface area (Å²) in [5.41, 5.74) is -1.15. The zero-order valence-corrected chi connectivity index (χ0v) is 31.5. The quantitative estimate of drug-likeness (QED) is 0.211. The summed E-state index contributed by atoms with van der Waals surface area (Å²) in [6, 6.07) is 19.9. The Morgan fingerprint density at radius 1 is 0.655 bits per heavy atom. The Morgan fingerprint density at radius 2 is 1.33 bits per heavy atom. The van der Waals surface area contributed by atoms with Gasteiger partial charge in [-0.3, -0.25) is 0 Å². The first-order valence-electron chi connectivity index (χ1n) is 19.6. The molecule has 0 spiro atoms. The fourth-order valence-corrected chi connectivity index (χ4v) is 9.76. The van der Waals surface area contributed by atoms with Crippen molar-refractivity contribution < 1.29 is 68.5 Å². The molecule has 0 aliphatic carbocycles. The zero-order valence-electron chi connectivity index (χ0n) is 31.5. The van der Waals surface area contributed by atoms with Crippen molar-refractivity contribution in [2.45, 2.75) is 168 Å². The van der Waals surface area contributed by atoms with Crippen molar-refractivity contribution in [2.24, 2.45) is 0 Å². The predicted octanol–water partition coefficient (Wildman–Crippen LogP) is 0.921. The molecule has 6 saturated heterocycles. The lowest BCUT2D eigenvalue weighted by Crippen LogP contribution is -2.79. The van der Waals surface area contributed by atoms with Gasteiger partial charge in [0.2, 0.25) is 0 Å². The Hall–Kier alpha value is -2.12. The zero-order chi connectivity index (χ0) is 38.7. The molecular weight excluding hydrogens is 716 g/mol. The maximum absolute atomic E-state index is 12.3. The molecule has 14 nitrogen and oxygen atoms in total. The largest absolute Gasteiger partial charge is 0.394 e. The Balaban J connectivity index is 0.991. The highest BCUT2D eigenvalue weighted by atomic mass is 16.7. The minimum Gasteiger partial charge on any atom is -0.394 e. The number of hydrogen-bond acceptors (Lipinski definition) is 14. The third-order valence-electron chi connectivity index (χ3n) is 12.9. The lowest BCUT2D eigenvalue weighted by Gasteiger charge is -2.64. The van der Waals surface area contributed by atoms with Gasteiger partial charge in [0.15, 0.2) is 0 Å². The summed E-state index contributed by atoms with van der Waals surface area (Å²) in [5.74, 6) is 0. The van der Waals surface area contributed by atoms with Crippen LogP contribution >= 0.6 is 0 Å². The third-order valence-corrected chi connectivity index (χ3v) is 12.9. The van der Waals surface area contributed by atoms with Gasteiger partial charge in [-0.25, -0.2) is 0 Å². The van der Waals surface area contributed by atoms with E-state index in [1.807, 2.05) is 74.5 Å². The van der Waals surface area contributed by atoms with Crippen molar-refractivity contribution in [3.8, 4) is 0 Å². The molecule has 2 aromatic rings. The molecule has 0 aromatic heterocycles. The van der Waals surface area contributed by atoms with E-state index in [9.17, 15) is 30.6 Å². The molecule has 0 saturated carbocycles. The minimum absolute atomic E-state index is 0.0120. The molecule has 6 N–H and O–H groups in total. The molecule has 0 amide bonds. The second kappa shape index (κ2) is 15.6. The normalized spacial score (nSPS) is 48.2. The third kappa shape index (κ3) is 7.42. The lowest BCUT2D eigenvalue weighted by atomic mass is 9.68. The predicted molar refractivity (Wildman–Crippen MR) is 193 cm³/mol. The molecule has 2 aromatic carbocycles. The highest BCUT2D eigenvalue weighted by molar-refractivity contribution is 5.18. The van der Waals surface area contributed by atoms with Gasteiger partial charge in [-0.1, -0.05) is 60.7 Å². The van der Waals surface area contributed by atoms with Crippen LogP contribution in [0.15, 0.2) is 60.7 Å². The van der Waals surface area contributed by atoms with Crippen molar-refractivity contribution >= 4 is 0 Å². The van der Waals surface area contributed by atoms with E-state index in [0.29, 0.717) is 32.7 Å². The van der Waals surface area contributed by atoms with Crippen LogP contribution in [0.1, 0.15) is 57.6 Å². The SMILES string of the molecule is CC12CC3OC4(C)CC(O)C(C5OC6C(CC5O)OC(CO)C(O)C6O)OC4C(O)C3(C)OC1CC(OCc1ccccc1)C(COCc1ccccc1)O2. The topological polar surface area (TPSA) is 195 Å². The second-order valence-electron chi connectivity index (χ2n) is 16.9. The van der Waals surface area contributed by atoms with Crippen molar-refractivity contribution in [3.63, 3.8) is 0 Å². The minimum atomic E-state index is -1.41. The first-order chi connectivity index (χ1) is 26.3. The van der Waals surface area contributed by atoms with E-state index in [-0.39, 0.29) is 18.9 Å². The Kier molecular flexibility index (Phi) is 11.2. The molecule has 8 rings (SSSR count). The highest BCUT2D eigenvalue weighted by Crippen LogP contribution is 2.54. The first kappa shape index (κ1) is 39.7. The smallest absolute Gasteiger partial charge is 0.120 e. The van der Waals surface area contributed by atoms with Gasteiger partial charge in [0, 0.05) is 25.7 Å². The number of aliphatic hydroxyl groups excluding tert-OH is 6. The fraction of sp³-hybridized carbons (Fsp3) is 0.707. The monoisotopic (exact) mass is 772 g/mol. The van der Waals surface area contributed by atoms with Crippen molar-refractivity contribution in [1.29, 1.82) is 0 Å². The van der Waals surface area contributed by atoms with Gasteiger partial charge in [-0.15, -0.1) is 0 Å². The van der Waals surface area contributed by atoms with E-state index >= 15 is 0 Å². The van der Waals surface area contributed by atoms with Gasteiger partial charge >= 0.3 is 0 Å². The average Bonchev–Trinajstić information content (AvgIpc) is 3.16. The molecule has 0 bridgehead atoms. The summed E-state index contributed by atoms with van der Waals surface area (Å²) in [4.78, 5) is 0. The number of fused-ring (bicyclic) bond motifs is 4. The number of ether oxygens (including phenoxy) is 8. The average molecular weight is 773 g/mol. The van der Waals surface area contributed by atoms with Crippen LogP contribution in [0.3, 0.4) is 0 Å². The number of rotatable bonds is 9. The fourth-order valence-electron chi connectivity index (χ4n) is 9.76. The lowest BCUT2D eigenvalue weighted by molar-refractivity contribution is -0.405. The summed E-state index contributed by atoms with van der Waals surface area (Å²) < 4.78 is 51.7. The number of hydrogen-bond donors (Lipinski definition) is 6. The molecule has 6 aliphatic rings. The van der Waals surface area contributed by atoms with Crippen LogP contribution in [-0.2, 0) is 51.1 Å². The van der Waals surface area contributed by atoms with Crippen LogP contribution in [0.25, 0.3) is 0 Å². The highest BCUT2D eigenvalue weighted by Gasteiger charge is 2.68. The van der Waals surface area contributed by atoms with Crippen LogP contribution < -0.4 is 0 Å². The van der Waals surface area contributed by atoms with Crippen molar-refractivity contribution in [2.75, 3.05) is 13.2 Å². The second-order valence-corrected chi connectivity index (χ2v) is 16.9. The van der Waals surface area contributed by atoms with Gasteiger partial charge < -0.3 is 68.5 Å². The Labute approximate surface area is 321 Å². The van der Waals surface area contributed by atoms with Crippen LogP contribution in [0, 0.1) is 0 Å². The van der Waals surface area contributed by atoms with Gasteiger partial charge in [0.05, 0.1) is 74.3 Å². The molecule has 6 fully saturated rings. The summed E-state index contributed by atoms with van der Waals surface area (Å²) >= 11 is 0. The molecule has 18 atom stereocenters. The van der Waals surface area contributed by atoms with E-state index < -0.39 is 109 Å². The molecule has 18 unspecified atom stereocenters. The van der Waals surface area contributed by atoms with E-state index in [1.165, 1.54) is 0 Å². The van der Waals surface area contributed by atoms with Gasteiger partial charge in [-0.2, -0.15) is 0 Å². The summed E-state index contributed by atoms with van der Waals surface area (Å²) in [6.07, 6.45) is -13.5. The van der Waals surface area contributed by atoms with Crippen LogP contribution in [0.4, 0.5) is 0 Å². The van der Waals surface area contributed by atoms with E-state index in [0.717, 1.165) is 11.1 Å². The van der Waals surface area contributed by atoms with Crippen LogP contribution in [0.2, 0.25) is 0 Å². The first-order valence-corrected chi connectivity index (χ1v) is 19.6. The van der Waals surface area contributed by atoms with Gasteiger partial charge in [-0.05, 0) is 31.9 Å². The number of benzene rings is 2. The summed E-state index contributed by atoms with van der Waals surface area (Å²) in [7, 11) is 0. The van der Waals surface area contributed by atoms with Gasteiger partial charge in [0.1, 0.15) is 60.5 Å². The van der Waals surface area contributed by atoms with E-state index in [4.69, 9.17) is 37.9 Å². The molecule has 6 heterocycles. The van der Waals surface area contributed by atoms with Crippen LogP contribution in [-0.4, -0.2) is 152 Å². The Bertz CT molecular complexity index is 1590. The van der Waals surface area contributed by atoms with E-state index in [1.54, 1.807) is 6.92 Å². The number of aliphatic hydroxyl groups is 6. The molecule has 55 heavy (non-hydrogen) atoms. The van der Waals surface area contributed by atoms with E-state index in [2.05, 4.69) is 0 Å². The molecule has 14 heteroatoms. The molecule has 0 radical (unpaired) electrons. The van der Waals surface area contributed by atoms with Crippen LogP contribution in [0.5, 0.6) is 0 Å². The molecule has 304 valence electrons. The Morgan fingerprint density at radius 3 is 2.02 bits per heavy atom. The maximum atomic E-state index is 12.3. The maximum Gasteiger partial charge on any atom is 0.120 e. The molecular formula is C41H56O14.